The molecule has 0 N–H and O–H groups in total. The first-order valence-electron chi connectivity index (χ1n) is 6.92. The van der Waals surface area contributed by atoms with Crippen molar-refractivity contribution in [2.75, 3.05) is 26.2 Å². The Morgan fingerprint density at radius 1 is 1.00 bits per heavy atom. The molecule has 1 aromatic carbocycles. The number of carbonyl (C=O) groups excluding carboxylic acids is 2. The van der Waals surface area contributed by atoms with Crippen molar-refractivity contribution in [2.45, 2.75) is 6.92 Å². The second kappa shape index (κ2) is 5.47. The fourth-order valence-electron chi connectivity index (χ4n) is 2.48. The minimum Gasteiger partial charge on any atom is -0.339 e. The molecule has 1 aliphatic rings. The number of aromatic nitrogens is 2. The van der Waals surface area contributed by atoms with Crippen LogP contribution in [0.1, 0.15) is 17.4 Å². The molecular formula is C15H16N4O2. The summed E-state index contributed by atoms with van der Waals surface area (Å²) in [5, 5.41) is 8.99. The Balaban J connectivity index is 1.76. The zero-order valence-corrected chi connectivity index (χ0v) is 11.8. The Morgan fingerprint density at radius 3 is 2.38 bits per heavy atom. The Morgan fingerprint density at radius 2 is 1.67 bits per heavy atom. The molecule has 0 unspecified atom stereocenters. The molecular weight excluding hydrogens is 268 g/mol. The van der Waals surface area contributed by atoms with Crippen LogP contribution in [0.5, 0.6) is 0 Å². The van der Waals surface area contributed by atoms with Gasteiger partial charge in [-0.3, -0.25) is 9.59 Å². The number of hydrogen-bond acceptors (Lipinski definition) is 4. The van der Waals surface area contributed by atoms with Crippen LogP contribution < -0.4 is 0 Å². The van der Waals surface area contributed by atoms with Crippen molar-refractivity contribution < 1.29 is 9.59 Å². The summed E-state index contributed by atoms with van der Waals surface area (Å²) in [5.41, 5.74) is 1.13. The number of amides is 2. The Bertz CT molecular complexity index is 693. The summed E-state index contributed by atoms with van der Waals surface area (Å²) in [4.78, 5) is 27.2. The van der Waals surface area contributed by atoms with Gasteiger partial charge in [0.05, 0.1) is 5.52 Å². The summed E-state index contributed by atoms with van der Waals surface area (Å²) in [6.45, 7) is 3.76. The fourth-order valence-corrected chi connectivity index (χ4v) is 2.48. The van der Waals surface area contributed by atoms with E-state index in [9.17, 15) is 9.59 Å². The maximum Gasteiger partial charge on any atom is 0.274 e. The van der Waals surface area contributed by atoms with Crippen LogP contribution in [0.25, 0.3) is 10.9 Å². The van der Waals surface area contributed by atoms with E-state index in [2.05, 4.69) is 10.2 Å². The molecule has 1 saturated heterocycles. The van der Waals surface area contributed by atoms with Gasteiger partial charge in [0.2, 0.25) is 5.91 Å². The number of carbonyl (C=O) groups is 2. The van der Waals surface area contributed by atoms with Crippen molar-refractivity contribution >= 4 is 22.7 Å². The van der Waals surface area contributed by atoms with Crippen molar-refractivity contribution in [3.05, 3.63) is 36.0 Å². The van der Waals surface area contributed by atoms with Crippen molar-refractivity contribution in [1.29, 1.82) is 0 Å². The van der Waals surface area contributed by atoms with E-state index in [1.807, 2.05) is 24.3 Å². The summed E-state index contributed by atoms with van der Waals surface area (Å²) < 4.78 is 0. The summed E-state index contributed by atoms with van der Waals surface area (Å²) >= 11 is 0. The average molecular weight is 284 g/mol. The van der Waals surface area contributed by atoms with Crippen LogP contribution in [-0.4, -0.2) is 58.0 Å². The Hall–Kier alpha value is -2.50. The van der Waals surface area contributed by atoms with Crippen LogP contribution in [-0.2, 0) is 4.79 Å². The van der Waals surface area contributed by atoms with Crippen molar-refractivity contribution in [3.8, 4) is 0 Å². The van der Waals surface area contributed by atoms with Crippen LogP contribution in [0, 0.1) is 0 Å². The predicted octanol–water partition coefficient (Wildman–Crippen LogP) is 0.934. The van der Waals surface area contributed by atoms with Gasteiger partial charge in [-0.25, -0.2) is 0 Å². The molecule has 2 amide bonds. The van der Waals surface area contributed by atoms with Gasteiger partial charge in [-0.1, -0.05) is 18.2 Å². The van der Waals surface area contributed by atoms with Crippen LogP contribution in [0.2, 0.25) is 0 Å². The second-order valence-electron chi connectivity index (χ2n) is 5.09. The molecule has 6 heteroatoms. The van der Waals surface area contributed by atoms with Gasteiger partial charge in [-0.05, 0) is 12.1 Å². The van der Waals surface area contributed by atoms with Crippen molar-refractivity contribution in [1.82, 2.24) is 20.0 Å². The van der Waals surface area contributed by atoms with Crippen LogP contribution in [0.15, 0.2) is 30.3 Å². The molecule has 0 bridgehead atoms. The van der Waals surface area contributed by atoms with E-state index in [-0.39, 0.29) is 11.8 Å². The van der Waals surface area contributed by atoms with Gasteiger partial charge in [-0.15, -0.1) is 10.2 Å². The fraction of sp³-hybridized carbons (Fsp3) is 0.333. The number of hydrogen-bond donors (Lipinski definition) is 0. The molecule has 6 nitrogen and oxygen atoms in total. The van der Waals surface area contributed by atoms with Crippen molar-refractivity contribution in [2.24, 2.45) is 0 Å². The highest BCUT2D eigenvalue weighted by atomic mass is 16.2. The lowest BCUT2D eigenvalue weighted by Crippen LogP contribution is -2.50. The smallest absolute Gasteiger partial charge is 0.274 e. The maximum absolute atomic E-state index is 12.4. The first kappa shape index (κ1) is 13.5. The topological polar surface area (TPSA) is 66.4 Å². The zero-order valence-electron chi connectivity index (χ0n) is 11.8. The normalized spacial score (nSPS) is 15.3. The van der Waals surface area contributed by atoms with Gasteiger partial charge >= 0.3 is 0 Å². The van der Waals surface area contributed by atoms with Crippen molar-refractivity contribution in [3.63, 3.8) is 0 Å². The molecule has 108 valence electrons. The van der Waals surface area contributed by atoms with Crippen LogP contribution >= 0.6 is 0 Å². The lowest BCUT2D eigenvalue weighted by molar-refractivity contribution is -0.130. The number of piperazine rings is 1. The molecule has 0 radical (unpaired) electrons. The Kier molecular flexibility index (Phi) is 3.51. The molecule has 0 atom stereocenters. The minimum absolute atomic E-state index is 0.0487. The second-order valence-corrected chi connectivity index (χ2v) is 5.09. The third-order valence-electron chi connectivity index (χ3n) is 3.73. The molecule has 1 fully saturated rings. The highest BCUT2D eigenvalue weighted by Gasteiger charge is 2.24. The minimum atomic E-state index is -0.128. The molecule has 2 aromatic rings. The quantitative estimate of drug-likeness (QED) is 0.781. The monoisotopic (exact) mass is 284 g/mol. The SMILES string of the molecule is CC(=O)N1CCN(C(=O)c2cc3ccccc3nn2)CC1. The zero-order chi connectivity index (χ0) is 14.8. The number of fused-ring (bicyclic) bond motifs is 1. The number of rotatable bonds is 1. The Labute approximate surface area is 122 Å². The van der Waals surface area contributed by atoms with E-state index in [0.29, 0.717) is 31.9 Å². The van der Waals surface area contributed by atoms with Crippen LogP contribution in [0.4, 0.5) is 0 Å². The first-order valence-corrected chi connectivity index (χ1v) is 6.92. The molecule has 0 saturated carbocycles. The summed E-state index contributed by atoms with van der Waals surface area (Å²) in [6.07, 6.45) is 0. The molecule has 2 heterocycles. The van der Waals surface area contributed by atoms with E-state index in [1.54, 1.807) is 22.8 Å². The molecule has 1 aliphatic heterocycles. The van der Waals surface area contributed by atoms with Gasteiger partial charge in [0.25, 0.3) is 5.91 Å². The van der Waals surface area contributed by atoms with Gasteiger partial charge in [0, 0.05) is 38.5 Å². The lowest BCUT2D eigenvalue weighted by atomic mass is 10.2. The van der Waals surface area contributed by atoms with E-state index >= 15 is 0 Å². The predicted molar refractivity (Wildman–Crippen MR) is 77.7 cm³/mol. The summed E-state index contributed by atoms with van der Waals surface area (Å²) in [6, 6.07) is 9.34. The molecule has 0 spiro atoms. The average Bonchev–Trinajstić information content (AvgIpc) is 2.54. The van der Waals surface area contributed by atoms with E-state index < -0.39 is 0 Å². The summed E-state index contributed by atoms with van der Waals surface area (Å²) in [7, 11) is 0. The van der Waals surface area contributed by atoms with E-state index in [1.165, 1.54) is 0 Å². The third-order valence-corrected chi connectivity index (χ3v) is 3.73. The first-order chi connectivity index (χ1) is 10.1. The standard InChI is InChI=1S/C15H16N4O2/c1-11(20)18-6-8-19(9-7-18)15(21)14-10-12-4-2-3-5-13(12)16-17-14/h2-5,10H,6-9H2,1H3. The molecule has 21 heavy (non-hydrogen) atoms. The maximum atomic E-state index is 12.4. The highest BCUT2D eigenvalue weighted by Crippen LogP contribution is 2.13. The van der Waals surface area contributed by atoms with Gasteiger partial charge < -0.3 is 9.80 Å². The van der Waals surface area contributed by atoms with Gasteiger partial charge in [0.1, 0.15) is 0 Å². The lowest BCUT2D eigenvalue weighted by Gasteiger charge is -2.33. The summed E-state index contributed by atoms with van der Waals surface area (Å²) in [5.74, 6) is -0.0796. The molecule has 0 aliphatic carbocycles. The third kappa shape index (κ3) is 2.69. The van der Waals surface area contributed by atoms with E-state index in [0.717, 1.165) is 10.9 Å². The molecule has 3 rings (SSSR count). The van der Waals surface area contributed by atoms with Gasteiger partial charge in [-0.2, -0.15) is 0 Å². The van der Waals surface area contributed by atoms with E-state index in [4.69, 9.17) is 0 Å². The number of nitrogens with zero attached hydrogens (tertiary/aromatic N) is 4. The molecule has 1 aromatic heterocycles. The number of benzene rings is 1. The van der Waals surface area contributed by atoms with Gasteiger partial charge in [0.15, 0.2) is 5.69 Å². The van der Waals surface area contributed by atoms with Crippen LogP contribution in [0.3, 0.4) is 0 Å². The highest BCUT2D eigenvalue weighted by molar-refractivity contribution is 5.95. The largest absolute Gasteiger partial charge is 0.339 e.